The first-order valence-electron chi connectivity index (χ1n) is 11.5. The van der Waals surface area contributed by atoms with Gasteiger partial charge in [-0.25, -0.2) is 14.4 Å². The number of aliphatic hydroxyl groups excluding tert-OH is 2. The van der Waals surface area contributed by atoms with Gasteiger partial charge in [-0.1, -0.05) is 23.4 Å². The lowest BCUT2D eigenvalue weighted by atomic mass is 9.88. The summed E-state index contributed by atoms with van der Waals surface area (Å²) >= 11 is 0. The molecule has 186 valence electrons. The number of aliphatic hydroxyl groups is 2. The van der Waals surface area contributed by atoms with Crippen LogP contribution in [0.25, 0.3) is 22.9 Å². The fourth-order valence-electron chi connectivity index (χ4n) is 4.28. The van der Waals surface area contributed by atoms with Crippen molar-refractivity contribution < 1.29 is 23.9 Å². The second-order valence-corrected chi connectivity index (χ2v) is 9.25. The van der Waals surface area contributed by atoms with Crippen molar-refractivity contribution in [2.45, 2.75) is 25.8 Å². The average Bonchev–Trinajstić information content (AvgIpc) is 3.59. The topological polar surface area (TPSA) is 130 Å². The van der Waals surface area contributed by atoms with Crippen LogP contribution >= 0.6 is 0 Å². The summed E-state index contributed by atoms with van der Waals surface area (Å²) in [5.41, 5.74) is 1.74. The number of halogens is 1. The molecule has 0 spiro atoms. The number of benzene rings is 1. The van der Waals surface area contributed by atoms with E-state index in [2.05, 4.69) is 20.2 Å². The maximum absolute atomic E-state index is 14.4. The van der Waals surface area contributed by atoms with Gasteiger partial charge in [0, 0.05) is 49.1 Å². The lowest BCUT2D eigenvalue weighted by molar-refractivity contribution is -0.122. The van der Waals surface area contributed by atoms with E-state index in [1.807, 2.05) is 0 Å². The molecule has 0 saturated heterocycles. The lowest BCUT2D eigenvalue weighted by Gasteiger charge is -2.23. The Kier molecular flexibility index (Phi) is 6.10. The highest BCUT2D eigenvalue weighted by molar-refractivity contribution is 6.06. The summed E-state index contributed by atoms with van der Waals surface area (Å²) < 4.78 is 21.0. The quantitative estimate of drug-likeness (QED) is 0.384. The molecule has 4 heterocycles. The molecule has 11 heteroatoms. The molecule has 5 rings (SSSR count). The molecule has 1 aromatic carbocycles. The third-order valence-electron chi connectivity index (χ3n) is 6.42. The molecular formula is C25H25FN6O4. The zero-order valence-corrected chi connectivity index (χ0v) is 19.8. The van der Waals surface area contributed by atoms with E-state index in [0.717, 1.165) is 0 Å². The van der Waals surface area contributed by atoms with E-state index in [9.17, 15) is 19.4 Å². The van der Waals surface area contributed by atoms with Crippen LogP contribution in [-0.4, -0.2) is 60.8 Å². The normalized spacial score (nSPS) is 14.6. The molecular weight excluding hydrogens is 467 g/mol. The van der Waals surface area contributed by atoms with Crippen molar-refractivity contribution in [2.24, 2.45) is 5.92 Å². The number of carbonyl (C=O) groups excluding carboxylic acids is 1. The molecule has 4 aromatic rings. The first-order valence-corrected chi connectivity index (χ1v) is 11.5. The summed E-state index contributed by atoms with van der Waals surface area (Å²) in [6.07, 6.45) is 3.04. The van der Waals surface area contributed by atoms with Crippen LogP contribution < -0.4 is 4.90 Å². The highest BCUT2D eigenvalue weighted by atomic mass is 19.1. The second-order valence-electron chi connectivity index (χ2n) is 9.25. The lowest BCUT2D eigenvalue weighted by Crippen LogP contribution is -2.40. The molecule has 0 atom stereocenters. The van der Waals surface area contributed by atoms with Gasteiger partial charge in [0.25, 0.3) is 0 Å². The minimum Gasteiger partial charge on any atom is -0.396 e. The van der Waals surface area contributed by atoms with Crippen molar-refractivity contribution in [3.05, 3.63) is 65.8 Å². The molecule has 0 bridgehead atoms. The number of anilines is 1. The second kappa shape index (κ2) is 9.25. The van der Waals surface area contributed by atoms with Crippen LogP contribution in [0.3, 0.4) is 0 Å². The summed E-state index contributed by atoms with van der Waals surface area (Å²) in [6.45, 7) is 3.30. The van der Waals surface area contributed by atoms with Gasteiger partial charge in [0.15, 0.2) is 5.82 Å². The Bertz CT molecular complexity index is 1400. The van der Waals surface area contributed by atoms with Gasteiger partial charge in [0.05, 0.1) is 17.7 Å². The van der Waals surface area contributed by atoms with Crippen molar-refractivity contribution >= 4 is 11.7 Å². The molecule has 36 heavy (non-hydrogen) atoms. The summed E-state index contributed by atoms with van der Waals surface area (Å²) in [4.78, 5) is 23.8. The van der Waals surface area contributed by atoms with Crippen molar-refractivity contribution in [1.29, 1.82) is 0 Å². The van der Waals surface area contributed by atoms with E-state index in [0.29, 0.717) is 34.0 Å². The van der Waals surface area contributed by atoms with Crippen molar-refractivity contribution in [3.63, 3.8) is 0 Å². The molecule has 0 radical (unpaired) electrons. The molecule has 1 aliphatic rings. The maximum atomic E-state index is 14.4. The summed E-state index contributed by atoms with van der Waals surface area (Å²) in [7, 11) is 0. The Morgan fingerprint density at radius 1 is 1.14 bits per heavy atom. The number of amides is 1. The summed E-state index contributed by atoms with van der Waals surface area (Å²) in [5.74, 6) is -0.371. The Morgan fingerprint density at radius 3 is 2.61 bits per heavy atom. The molecule has 3 aromatic heterocycles. The van der Waals surface area contributed by atoms with Gasteiger partial charge < -0.3 is 14.7 Å². The van der Waals surface area contributed by atoms with Crippen LogP contribution in [0.2, 0.25) is 0 Å². The van der Waals surface area contributed by atoms with E-state index in [4.69, 9.17) is 4.52 Å². The minimum atomic E-state index is -0.862. The standard InChI is InChI=1S/C25H25FN6O4/c1-25(2)17-10-27-22(28-23(17)31(24(25)35)11-15(13-33)14-34)20-9-21(19-7-8-36-30-19)32(29-20)12-16-5-3-4-6-18(16)26/h3-10,15,33-34H,11-14H2,1-2H3. The molecule has 2 N–H and O–H groups in total. The molecule has 1 aliphatic heterocycles. The number of hydrogen-bond acceptors (Lipinski definition) is 8. The molecule has 0 unspecified atom stereocenters. The van der Waals surface area contributed by atoms with Gasteiger partial charge >= 0.3 is 0 Å². The van der Waals surface area contributed by atoms with Crippen molar-refractivity contribution in [1.82, 2.24) is 24.9 Å². The first-order chi connectivity index (χ1) is 17.3. The summed E-state index contributed by atoms with van der Waals surface area (Å²) in [6, 6.07) is 9.85. The van der Waals surface area contributed by atoms with Gasteiger partial charge in [-0.2, -0.15) is 5.10 Å². The maximum Gasteiger partial charge on any atom is 0.238 e. The van der Waals surface area contributed by atoms with Crippen molar-refractivity contribution in [3.8, 4) is 22.9 Å². The van der Waals surface area contributed by atoms with Crippen LogP contribution in [0.1, 0.15) is 25.0 Å². The number of nitrogens with zero attached hydrogens (tertiary/aromatic N) is 6. The van der Waals surface area contributed by atoms with Gasteiger partial charge in [0.2, 0.25) is 5.91 Å². The highest BCUT2D eigenvalue weighted by Gasteiger charge is 2.46. The zero-order chi connectivity index (χ0) is 25.4. The van der Waals surface area contributed by atoms with Gasteiger partial charge in [-0.3, -0.25) is 14.4 Å². The molecule has 0 fully saturated rings. The molecule has 0 saturated carbocycles. The Balaban J connectivity index is 1.57. The van der Waals surface area contributed by atoms with Crippen LogP contribution in [0.5, 0.6) is 0 Å². The fraction of sp³-hybridized carbons (Fsp3) is 0.320. The third kappa shape index (κ3) is 4.06. The number of hydrogen-bond donors (Lipinski definition) is 2. The van der Waals surface area contributed by atoms with Crippen molar-refractivity contribution in [2.75, 3.05) is 24.7 Å². The van der Waals surface area contributed by atoms with E-state index < -0.39 is 11.3 Å². The van der Waals surface area contributed by atoms with Crippen LogP contribution in [0, 0.1) is 11.7 Å². The Hall–Kier alpha value is -3.96. The van der Waals surface area contributed by atoms with E-state index >= 15 is 0 Å². The average molecular weight is 493 g/mol. The number of carbonyl (C=O) groups is 1. The Labute approximate surface area is 206 Å². The summed E-state index contributed by atoms with van der Waals surface area (Å²) in [5, 5.41) is 27.8. The first kappa shape index (κ1) is 23.8. The van der Waals surface area contributed by atoms with Crippen LogP contribution in [0.4, 0.5) is 10.2 Å². The predicted molar refractivity (Wildman–Crippen MR) is 127 cm³/mol. The number of fused-ring (bicyclic) bond motifs is 1. The molecule has 10 nitrogen and oxygen atoms in total. The van der Waals surface area contributed by atoms with Gasteiger partial charge in [-0.15, -0.1) is 0 Å². The molecule has 0 aliphatic carbocycles. The predicted octanol–water partition coefficient (Wildman–Crippen LogP) is 2.41. The number of rotatable bonds is 8. The Morgan fingerprint density at radius 2 is 1.92 bits per heavy atom. The number of aromatic nitrogens is 5. The SMILES string of the molecule is CC1(C)C(=O)N(CC(CO)CO)c2nc(-c3cc(-c4ccon4)n(Cc4ccccc4F)n3)ncc21. The molecule has 1 amide bonds. The largest absolute Gasteiger partial charge is 0.396 e. The van der Waals surface area contributed by atoms with E-state index in [1.54, 1.807) is 55.1 Å². The zero-order valence-electron chi connectivity index (χ0n) is 19.8. The van der Waals surface area contributed by atoms with Crippen LogP contribution in [-0.2, 0) is 16.8 Å². The van der Waals surface area contributed by atoms with Gasteiger partial charge in [0.1, 0.15) is 29.3 Å². The van der Waals surface area contributed by atoms with E-state index in [1.165, 1.54) is 17.2 Å². The monoisotopic (exact) mass is 492 g/mol. The minimum absolute atomic E-state index is 0.116. The highest BCUT2D eigenvalue weighted by Crippen LogP contribution is 2.41. The van der Waals surface area contributed by atoms with Crippen LogP contribution in [0.15, 0.2) is 53.4 Å². The fourth-order valence-corrected chi connectivity index (χ4v) is 4.28. The van der Waals surface area contributed by atoms with Gasteiger partial charge in [-0.05, 0) is 26.0 Å². The third-order valence-corrected chi connectivity index (χ3v) is 6.42. The smallest absolute Gasteiger partial charge is 0.238 e. The van der Waals surface area contributed by atoms with E-state index in [-0.39, 0.29) is 43.9 Å².